The van der Waals surface area contributed by atoms with Crippen LogP contribution in [0.25, 0.3) is 54.6 Å². The minimum absolute atomic E-state index is 1.13. The van der Waals surface area contributed by atoms with E-state index in [1.165, 1.54) is 67.4 Å². The normalized spacial score (nSPS) is 11.5. The quantitative estimate of drug-likeness (QED) is 0.124. The molecule has 8 aromatic rings. The van der Waals surface area contributed by atoms with Crippen molar-refractivity contribution in [3.63, 3.8) is 0 Å². The summed E-state index contributed by atoms with van der Waals surface area (Å²) >= 11 is 4.77. The van der Waals surface area contributed by atoms with E-state index in [1.807, 2.05) is 0 Å². The van der Waals surface area contributed by atoms with E-state index in [4.69, 9.17) is 0 Å². The third-order valence-corrected chi connectivity index (χ3v) is 9.66. The number of halogens is 2. The van der Waals surface area contributed by atoms with Crippen molar-refractivity contribution in [3.05, 3.63) is 159 Å². The van der Waals surface area contributed by atoms with Crippen molar-refractivity contribution in [3.8, 4) is 22.3 Å². The van der Waals surface area contributed by atoms with E-state index in [-0.39, 0.29) is 0 Å². The van der Waals surface area contributed by atoms with Gasteiger partial charge in [0, 0.05) is 23.9 Å². The van der Waals surface area contributed by atoms with Crippen molar-refractivity contribution in [2.75, 3.05) is 4.90 Å². The Morgan fingerprint density at radius 2 is 0.837 bits per heavy atom. The first kappa shape index (κ1) is 26.7. The number of nitrogens with zero attached hydrogens (tertiary/aromatic N) is 1. The van der Waals surface area contributed by atoms with Gasteiger partial charge in [-0.1, -0.05) is 97.1 Å². The van der Waals surface area contributed by atoms with Gasteiger partial charge in [0.2, 0.25) is 0 Å². The lowest BCUT2D eigenvalue weighted by Gasteiger charge is -2.28. The molecule has 0 aliphatic rings. The zero-order valence-corrected chi connectivity index (χ0v) is 27.5. The summed E-state index contributed by atoms with van der Waals surface area (Å²) in [6.45, 7) is 0. The first-order valence-electron chi connectivity index (χ1n) is 14.3. The van der Waals surface area contributed by atoms with Crippen LogP contribution in [0, 0.1) is 7.14 Å². The Morgan fingerprint density at radius 3 is 1.37 bits per heavy atom. The molecule has 0 amide bonds. The number of anilines is 3. The van der Waals surface area contributed by atoms with Gasteiger partial charge in [-0.2, -0.15) is 0 Å². The molecule has 0 unspecified atom stereocenters. The molecule has 0 heterocycles. The Kier molecular flexibility index (Phi) is 6.80. The van der Waals surface area contributed by atoms with Crippen molar-refractivity contribution in [1.29, 1.82) is 0 Å². The van der Waals surface area contributed by atoms with E-state index in [0.717, 1.165) is 11.4 Å². The standard InChI is InChI=1S/C40H25I2N/c41-33-8-2-6-31(24-33)26-12-18-35(19-13-26)43(36-20-14-27(15-21-36)32-7-3-9-34(42)25-32)38-23-17-30-11-10-28-4-1-5-29-16-22-37(38)40(30)39(28)29/h1-25H. The zero-order chi connectivity index (χ0) is 28.9. The van der Waals surface area contributed by atoms with Gasteiger partial charge in [0.05, 0.1) is 5.69 Å². The highest BCUT2D eigenvalue weighted by atomic mass is 127. The van der Waals surface area contributed by atoms with Gasteiger partial charge in [-0.25, -0.2) is 0 Å². The average Bonchev–Trinajstić information content (AvgIpc) is 3.05. The molecule has 0 atom stereocenters. The maximum atomic E-state index is 2.41. The molecule has 0 aliphatic carbocycles. The van der Waals surface area contributed by atoms with Gasteiger partial charge in [0.1, 0.15) is 0 Å². The predicted molar refractivity (Wildman–Crippen MR) is 201 cm³/mol. The third-order valence-electron chi connectivity index (χ3n) is 8.31. The molecule has 204 valence electrons. The second-order valence-electron chi connectivity index (χ2n) is 10.9. The van der Waals surface area contributed by atoms with E-state index in [0.29, 0.717) is 0 Å². The fourth-order valence-electron chi connectivity index (χ4n) is 6.28. The summed E-state index contributed by atoms with van der Waals surface area (Å²) in [6.07, 6.45) is 0. The lowest BCUT2D eigenvalue weighted by Crippen LogP contribution is -2.10. The largest absolute Gasteiger partial charge is 0.310 e. The Hall–Kier alpha value is -3.94. The molecule has 0 fully saturated rings. The molecule has 0 saturated carbocycles. The van der Waals surface area contributed by atoms with Gasteiger partial charge >= 0.3 is 0 Å². The van der Waals surface area contributed by atoms with Gasteiger partial charge in [-0.3, -0.25) is 0 Å². The van der Waals surface area contributed by atoms with Crippen molar-refractivity contribution >= 4 is 94.6 Å². The predicted octanol–water partition coefficient (Wildman–Crippen LogP) is 12.6. The molecule has 8 aromatic carbocycles. The third kappa shape index (κ3) is 4.85. The molecule has 8 rings (SSSR count). The van der Waals surface area contributed by atoms with Gasteiger partial charge in [0.15, 0.2) is 0 Å². The summed E-state index contributed by atoms with van der Waals surface area (Å²) in [5.74, 6) is 0. The van der Waals surface area contributed by atoms with Crippen LogP contribution < -0.4 is 4.90 Å². The summed E-state index contributed by atoms with van der Waals surface area (Å²) in [7, 11) is 0. The number of rotatable bonds is 5. The monoisotopic (exact) mass is 773 g/mol. The van der Waals surface area contributed by atoms with Crippen LogP contribution in [0.2, 0.25) is 0 Å². The summed E-state index contributed by atoms with van der Waals surface area (Å²) in [6, 6.07) is 55.5. The van der Waals surface area contributed by atoms with Crippen LogP contribution in [0.3, 0.4) is 0 Å². The smallest absolute Gasteiger partial charge is 0.0540 e. The maximum Gasteiger partial charge on any atom is 0.0540 e. The lowest BCUT2D eigenvalue weighted by molar-refractivity contribution is 1.30. The Labute approximate surface area is 278 Å². The lowest BCUT2D eigenvalue weighted by atomic mass is 9.93. The Balaban J connectivity index is 1.32. The van der Waals surface area contributed by atoms with E-state index in [2.05, 4.69) is 202 Å². The average molecular weight is 773 g/mol. The van der Waals surface area contributed by atoms with Crippen LogP contribution in [-0.2, 0) is 0 Å². The molecule has 0 radical (unpaired) electrons. The van der Waals surface area contributed by atoms with E-state index >= 15 is 0 Å². The molecule has 0 N–H and O–H groups in total. The Morgan fingerprint density at radius 1 is 0.372 bits per heavy atom. The SMILES string of the molecule is Ic1cccc(-c2ccc(N(c3ccc(-c4cccc(I)c4)cc3)c3ccc4ccc5cccc6ccc3c4c56)cc2)c1. The highest BCUT2D eigenvalue weighted by Crippen LogP contribution is 2.44. The van der Waals surface area contributed by atoms with Gasteiger partial charge in [0.25, 0.3) is 0 Å². The molecule has 3 heteroatoms. The molecule has 0 bridgehead atoms. The van der Waals surface area contributed by atoms with Gasteiger partial charge < -0.3 is 4.90 Å². The van der Waals surface area contributed by atoms with E-state index < -0.39 is 0 Å². The first-order chi connectivity index (χ1) is 21.1. The summed E-state index contributed by atoms with van der Waals surface area (Å²) in [5, 5.41) is 7.74. The fraction of sp³-hybridized carbons (Fsp3) is 0. The minimum atomic E-state index is 1.13. The molecule has 1 nitrogen and oxygen atoms in total. The molecular formula is C40H25I2N. The molecule has 0 spiro atoms. The van der Waals surface area contributed by atoms with Crippen molar-refractivity contribution < 1.29 is 0 Å². The van der Waals surface area contributed by atoms with Crippen LogP contribution in [0.15, 0.2) is 152 Å². The summed E-state index contributed by atoms with van der Waals surface area (Å²) in [4.78, 5) is 2.41. The zero-order valence-electron chi connectivity index (χ0n) is 23.1. The highest BCUT2D eigenvalue weighted by molar-refractivity contribution is 14.1. The number of benzene rings is 8. The summed E-state index contributed by atoms with van der Waals surface area (Å²) < 4.78 is 2.48. The van der Waals surface area contributed by atoms with Crippen LogP contribution in [0.1, 0.15) is 0 Å². The minimum Gasteiger partial charge on any atom is -0.310 e. The Bertz CT molecular complexity index is 2150. The van der Waals surface area contributed by atoms with Crippen LogP contribution in [-0.4, -0.2) is 0 Å². The number of hydrogen-bond acceptors (Lipinski definition) is 1. The second kappa shape index (κ2) is 11.0. The maximum absolute atomic E-state index is 2.41. The van der Waals surface area contributed by atoms with E-state index in [9.17, 15) is 0 Å². The van der Waals surface area contributed by atoms with Crippen molar-refractivity contribution in [2.24, 2.45) is 0 Å². The molecular weight excluding hydrogens is 748 g/mol. The first-order valence-corrected chi connectivity index (χ1v) is 16.5. The van der Waals surface area contributed by atoms with Crippen molar-refractivity contribution in [2.45, 2.75) is 0 Å². The van der Waals surface area contributed by atoms with Crippen LogP contribution >= 0.6 is 45.2 Å². The molecule has 43 heavy (non-hydrogen) atoms. The van der Waals surface area contributed by atoms with Crippen molar-refractivity contribution in [1.82, 2.24) is 0 Å². The molecule has 0 saturated heterocycles. The molecule has 0 aromatic heterocycles. The molecule has 0 aliphatic heterocycles. The van der Waals surface area contributed by atoms with Crippen LogP contribution in [0.4, 0.5) is 17.1 Å². The van der Waals surface area contributed by atoms with E-state index in [1.54, 1.807) is 0 Å². The summed E-state index contributed by atoms with van der Waals surface area (Å²) in [5.41, 5.74) is 8.33. The van der Waals surface area contributed by atoms with Crippen LogP contribution in [0.5, 0.6) is 0 Å². The fourth-order valence-corrected chi connectivity index (χ4v) is 7.37. The van der Waals surface area contributed by atoms with Gasteiger partial charge in [-0.05, 0) is 149 Å². The highest BCUT2D eigenvalue weighted by Gasteiger charge is 2.18. The second-order valence-corrected chi connectivity index (χ2v) is 13.4. The van der Waals surface area contributed by atoms with Gasteiger partial charge in [-0.15, -0.1) is 0 Å². The topological polar surface area (TPSA) is 3.24 Å². The number of hydrogen-bond donors (Lipinski definition) is 0.